The number of benzene rings is 2. The molecule has 204 valence electrons. The SMILES string of the molecule is CCOC(=O)C1=C(C)N=c2s/c(=C\c3ccc(-c4ccccc4[N+](=O)[O-])o3)c(=O)n2C1c1ccc(N(C)C)cc1. The van der Waals surface area contributed by atoms with Crippen molar-refractivity contribution >= 4 is 34.8 Å². The molecule has 2 aromatic carbocycles. The molecule has 1 unspecified atom stereocenters. The lowest BCUT2D eigenvalue weighted by Gasteiger charge is -2.25. The van der Waals surface area contributed by atoms with Crippen LogP contribution in [-0.2, 0) is 9.53 Å². The number of aromatic nitrogens is 1. The van der Waals surface area contributed by atoms with Gasteiger partial charge in [0.1, 0.15) is 11.5 Å². The maximum Gasteiger partial charge on any atom is 0.338 e. The van der Waals surface area contributed by atoms with Gasteiger partial charge in [-0.25, -0.2) is 9.79 Å². The van der Waals surface area contributed by atoms with Gasteiger partial charge in [-0.1, -0.05) is 35.6 Å². The Bertz CT molecular complexity index is 1830. The molecule has 3 heterocycles. The Hall–Kier alpha value is -4.77. The van der Waals surface area contributed by atoms with Crippen molar-refractivity contribution in [2.45, 2.75) is 19.9 Å². The third-order valence-electron chi connectivity index (χ3n) is 6.51. The summed E-state index contributed by atoms with van der Waals surface area (Å²) in [6, 6.07) is 16.5. The molecular formula is C29H26N4O6S. The minimum Gasteiger partial charge on any atom is -0.463 e. The predicted molar refractivity (Wildman–Crippen MR) is 152 cm³/mol. The number of hydrogen-bond donors (Lipinski definition) is 0. The van der Waals surface area contributed by atoms with E-state index in [1.54, 1.807) is 50.3 Å². The van der Waals surface area contributed by atoms with Crippen LogP contribution in [0.2, 0.25) is 0 Å². The van der Waals surface area contributed by atoms with Crippen molar-refractivity contribution < 1.29 is 18.9 Å². The summed E-state index contributed by atoms with van der Waals surface area (Å²) in [5.41, 5.74) is 2.41. The second-order valence-corrected chi connectivity index (χ2v) is 10.3. The molecule has 0 aliphatic carbocycles. The monoisotopic (exact) mass is 558 g/mol. The number of anilines is 1. The Morgan fingerprint density at radius 3 is 2.58 bits per heavy atom. The fourth-order valence-electron chi connectivity index (χ4n) is 4.61. The topological polar surface area (TPSA) is 120 Å². The van der Waals surface area contributed by atoms with Crippen LogP contribution in [0.3, 0.4) is 0 Å². The van der Waals surface area contributed by atoms with Gasteiger partial charge in [0.05, 0.1) is 38.9 Å². The normalized spacial score (nSPS) is 15.0. The molecule has 2 aromatic heterocycles. The lowest BCUT2D eigenvalue weighted by Crippen LogP contribution is -2.39. The average molecular weight is 559 g/mol. The smallest absolute Gasteiger partial charge is 0.338 e. The van der Waals surface area contributed by atoms with Crippen LogP contribution in [0.1, 0.15) is 31.2 Å². The standard InChI is InChI=1S/C29H26N4O6S/c1-5-38-28(35)25-17(2)30-29-32(26(25)18-10-12-19(13-11-18)31(3)4)27(34)24(40-29)16-20-14-15-23(39-20)21-8-6-7-9-22(21)33(36)37/h6-16,26H,5H2,1-4H3/b24-16-. The van der Waals surface area contributed by atoms with Crippen molar-refractivity contribution in [3.8, 4) is 11.3 Å². The van der Waals surface area contributed by atoms with Crippen LogP contribution >= 0.6 is 11.3 Å². The Morgan fingerprint density at radius 2 is 1.90 bits per heavy atom. The van der Waals surface area contributed by atoms with E-state index in [2.05, 4.69) is 4.99 Å². The third-order valence-corrected chi connectivity index (χ3v) is 7.49. The molecule has 0 spiro atoms. The zero-order valence-electron chi connectivity index (χ0n) is 22.3. The quantitative estimate of drug-likeness (QED) is 0.191. The third kappa shape index (κ3) is 4.87. The van der Waals surface area contributed by atoms with Crippen molar-refractivity contribution in [1.82, 2.24) is 4.57 Å². The molecule has 1 aliphatic heterocycles. The number of para-hydroxylation sites is 1. The zero-order valence-corrected chi connectivity index (χ0v) is 23.1. The van der Waals surface area contributed by atoms with Gasteiger partial charge >= 0.3 is 5.97 Å². The number of fused-ring (bicyclic) bond motifs is 1. The highest BCUT2D eigenvalue weighted by atomic mass is 32.1. The minimum absolute atomic E-state index is 0.0787. The number of allylic oxidation sites excluding steroid dienone is 1. The van der Waals surface area contributed by atoms with E-state index in [-0.39, 0.29) is 17.9 Å². The maximum atomic E-state index is 13.8. The number of nitro groups is 1. The Morgan fingerprint density at radius 1 is 1.18 bits per heavy atom. The minimum atomic E-state index is -0.729. The Balaban J connectivity index is 1.63. The summed E-state index contributed by atoms with van der Waals surface area (Å²) < 4.78 is 13.1. The molecule has 4 aromatic rings. The molecule has 0 saturated carbocycles. The first-order chi connectivity index (χ1) is 19.2. The molecule has 10 nitrogen and oxygen atoms in total. The first kappa shape index (κ1) is 26.8. The number of carbonyl (C=O) groups excluding carboxylic acids is 1. The van der Waals surface area contributed by atoms with Crippen molar-refractivity contribution in [3.05, 3.63) is 113 Å². The van der Waals surface area contributed by atoms with E-state index in [9.17, 15) is 19.7 Å². The number of nitrogens with zero attached hydrogens (tertiary/aromatic N) is 4. The van der Waals surface area contributed by atoms with Gasteiger partial charge in [-0.05, 0) is 49.7 Å². The number of thiazole rings is 1. The number of ether oxygens (including phenoxy) is 1. The van der Waals surface area contributed by atoms with Crippen molar-refractivity contribution in [1.29, 1.82) is 0 Å². The fourth-order valence-corrected chi connectivity index (χ4v) is 5.63. The molecule has 1 aliphatic rings. The molecule has 0 amide bonds. The molecule has 0 fully saturated rings. The van der Waals surface area contributed by atoms with Crippen LogP contribution in [0.4, 0.5) is 11.4 Å². The van der Waals surface area contributed by atoms with Crippen LogP contribution in [0.15, 0.2) is 86.1 Å². The van der Waals surface area contributed by atoms with Gasteiger partial charge in [-0.15, -0.1) is 0 Å². The number of rotatable bonds is 7. The first-order valence-corrected chi connectivity index (χ1v) is 13.3. The summed E-state index contributed by atoms with van der Waals surface area (Å²) in [5, 5.41) is 11.5. The number of furan rings is 1. The molecule has 11 heteroatoms. The van der Waals surface area contributed by atoms with Crippen LogP contribution in [0, 0.1) is 10.1 Å². The summed E-state index contributed by atoms with van der Waals surface area (Å²) >= 11 is 1.17. The molecule has 0 N–H and O–H groups in total. The van der Waals surface area contributed by atoms with Crippen molar-refractivity contribution in [2.24, 2.45) is 4.99 Å². The summed E-state index contributed by atoms with van der Waals surface area (Å²) in [6.45, 7) is 3.65. The summed E-state index contributed by atoms with van der Waals surface area (Å²) in [4.78, 5) is 44.8. The number of hydrogen-bond acceptors (Lipinski definition) is 9. The predicted octanol–water partition coefficient (Wildman–Crippen LogP) is 4.03. The second kappa shape index (κ2) is 10.8. The van der Waals surface area contributed by atoms with E-state index in [0.29, 0.717) is 37.7 Å². The van der Waals surface area contributed by atoms with Gasteiger partial charge in [-0.2, -0.15) is 0 Å². The highest BCUT2D eigenvalue weighted by Gasteiger charge is 2.33. The lowest BCUT2D eigenvalue weighted by atomic mass is 9.95. The van der Waals surface area contributed by atoms with Gasteiger partial charge in [0.15, 0.2) is 4.80 Å². The second-order valence-electron chi connectivity index (χ2n) is 9.26. The number of esters is 1. The largest absolute Gasteiger partial charge is 0.463 e. The summed E-state index contributed by atoms with van der Waals surface area (Å²) in [7, 11) is 3.87. The van der Waals surface area contributed by atoms with Crippen LogP contribution in [0.25, 0.3) is 17.4 Å². The number of carbonyl (C=O) groups is 1. The van der Waals surface area contributed by atoms with E-state index >= 15 is 0 Å². The van der Waals surface area contributed by atoms with Crippen molar-refractivity contribution in [2.75, 3.05) is 25.6 Å². The summed E-state index contributed by atoms with van der Waals surface area (Å²) in [6.07, 6.45) is 1.58. The first-order valence-electron chi connectivity index (χ1n) is 12.5. The molecular weight excluding hydrogens is 532 g/mol. The highest BCUT2D eigenvalue weighted by molar-refractivity contribution is 7.07. The van der Waals surface area contributed by atoms with Crippen LogP contribution in [-0.4, -0.2) is 36.2 Å². The van der Waals surface area contributed by atoms with Gasteiger partial charge in [0.2, 0.25) is 0 Å². The molecule has 5 rings (SSSR count). The van der Waals surface area contributed by atoms with Gasteiger partial charge < -0.3 is 14.1 Å². The molecule has 40 heavy (non-hydrogen) atoms. The van der Waals surface area contributed by atoms with Gasteiger partial charge in [0, 0.05) is 31.9 Å². The highest BCUT2D eigenvalue weighted by Crippen LogP contribution is 2.32. The molecule has 0 saturated heterocycles. The lowest BCUT2D eigenvalue weighted by molar-refractivity contribution is -0.384. The zero-order chi connectivity index (χ0) is 28.6. The molecule has 0 bridgehead atoms. The van der Waals surface area contributed by atoms with Crippen molar-refractivity contribution in [3.63, 3.8) is 0 Å². The van der Waals surface area contributed by atoms with Gasteiger partial charge in [0.25, 0.3) is 11.2 Å². The van der Waals surface area contributed by atoms with E-state index in [1.165, 1.54) is 22.0 Å². The Kier molecular flexibility index (Phi) is 7.22. The van der Waals surface area contributed by atoms with E-state index in [1.807, 2.05) is 43.3 Å². The molecule has 1 atom stereocenters. The summed E-state index contributed by atoms with van der Waals surface area (Å²) in [5.74, 6) is 0.136. The van der Waals surface area contributed by atoms with Crippen LogP contribution in [0.5, 0.6) is 0 Å². The number of nitro benzene ring substituents is 1. The van der Waals surface area contributed by atoms with E-state index in [0.717, 1.165) is 11.3 Å². The van der Waals surface area contributed by atoms with E-state index < -0.39 is 16.9 Å². The fraction of sp³-hybridized carbons (Fsp3) is 0.207. The average Bonchev–Trinajstić information content (AvgIpc) is 3.52. The van der Waals surface area contributed by atoms with Crippen LogP contribution < -0.4 is 19.8 Å². The Labute approximate surface area is 232 Å². The molecule has 0 radical (unpaired) electrons. The maximum absolute atomic E-state index is 13.8. The van der Waals surface area contributed by atoms with Gasteiger partial charge in [-0.3, -0.25) is 19.5 Å². The van der Waals surface area contributed by atoms with E-state index in [4.69, 9.17) is 9.15 Å².